The number of rotatable bonds is 0. The largest absolute Gasteiger partial charge is 1.00 e. The first-order valence-corrected chi connectivity index (χ1v) is 16.0. The van der Waals surface area contributed by atoms with Gasteiger partial charge in [-0.05, 0) is 0 Å². The number of hydrogen-bond acceptors (Lipinski definition) is 0. The third-order valence-electron chi connectivity index (χ3n) is 1.67. The summed E-state index contributed by atoms with van der Waals surface area (Å²) in [5.74, 6) is 4.93. The van der Waals surface area contributed by atoms with E-state index in [0.29, 0.717) is 15.9 Å². The van der Waals surface area contributed by atoms with Gasteiger partial charge in [0.25, 0.3) is 0 Å². The van der Waals surface area contributed by atoms with Crippen LogP contribution in [0.3, 0.4) is 0 Å². The number of halogens is 2. The zero-order valence-corrected chi connectivity index (χ0v) is 17.3. The predicted octanol–water partition coefficient (Wildman–Crippen LogP) is -1.85. The molecule has 0 fully saturated rings. The summed E-state index contributed by atoms with van der Waals surface area (Å²) >= 11 is 0.472. The van der Waals surface area contributed by atoms with Crippen molar-refractivity contribution < 1.29 is 40.7 Å². The maximum Gasteiger partial charge on any atom is -0.109 e. The van der Waals surface area contributed by atoms with E-state index in [1.807, 2.05) is 24.3 Å². The first-order valence-electron chi connectivity index (χ1n) is 5.93. The fourth-order valence-corrected chi connectivity index (χ4v) is 11.4. The minimum atomic E-state index is -0.361. The third-order valence-corrected chi connectivity index (χ3v) is 11.9. The molecular weight excluding hydrogens is 372 g/mol. The standard InChI is InChI=1S/2C5H5.C3H6.C2H6Ge.2ClH.Ti/c2*1-2-4-5-3-1;2*1-3-2;;;/h2*1-3H,4H2;2*1-2H3;2*1H;/q2*-1;;;;;/p-2. The van der Waals surface area contributed by atoms with Crippen LogP contribution in [0.15, 0.2) is 36.5 Å². The Hall–Kier alpha value is 0.667. The van der Waals surface area contributed by atoms with Gasteiger partial charge in [0.2, 0.25) is 0 Å². The maximum absolute atomic E-state index is 2.99. The molecule has 0 aromatic rings. The summed E-state index contributed by atoms with van der Waals surface area (Å²) in [4.78, 5) is 0. The van der Waals surface area contributed by atoms with Crippen LogP contribution in [0.1, 0.15) is 26.7 Å². The van der Waals surface area contributed by atoms with Gasteiger partial charge in [-0.3, -0.25) is 12.2 Å². The van der Waals surface area contributed by atoms with Gasteiger partial charge in [0.15, 0.2) is 0 Å². The molecule has 0 atom stereocenters. The summed E-state index contributed by atoms with van der Waals surface area (Å²) in [5, 5.41) is 0. The molecule has 0 N–H and O–H groups in total. The van der Waals surface area contributed by atoms with E-state index >= 15 is 0 Å². The number of hydrogen-bond donors (Lipinski definition) is 0. The van der Waals surface area contributed by atoms with Crippen LogP contribution in [0.2, 0.25) is 11.5 Å². The van der Waals surface area contributed by atoms with E-state index in [1.54, 1.807) is 3.81 Å². The molecule has 108 valence electrons. The molecule has 19 heavy (non-hydrogen) atoms. The molecule has 0 heterocycles. The fourth-order valence-electron chi connectivity index (χ4n) is 1.18. The quantitative estimate of drug-likeness (QED) is 0.335. The van der Waals surface area contributed by atoms with Gasteiger partial charge in [-0.15, -0.1) is 12.8 Å². The molecular formula is C15H22Cl2GeTi-4. The molecule has 2 rings (SSSR count). The molecule has 0 saturated heterocycles. The van der Waals surface area contributed by atoms with E-state index in [2.05, 4.69) is 49.7 Å². The van der Waals surface area contributed by atoms with Gasteiger partial charge < -0.3 is 24.8 Å². The van der Waals surface area contributed by atoms with Crippen LogP contribution >= 0.6 is 0 Å². The first kappa shape index (κ1) is 24.7. The Morgan fingerprint density at radius 2 is 1.37 bits per heavy atom. The zero-order chi connectivity index (χ0) is 12.9. The molecule has 0 bridgehead atoms. The van der Waals surface area contributed by atoms with Crippen molar-refractivity contribution in [1.82, 2.24) is 0 Å². The van der Waals surface area contributed by atoms with E-state index < -0.39 is 0 Å². The third kappa shape index (κ3) is 24.1. The summed E-state index contributed by atoms with van der Waals surface area (Å²) in [7, 11) is -0.361. The predicted molar refractivity (Wildman–Crippen MR) is 77.0 cm³/mol. The monoisotopic (exact) mass is 394 g/mol. The summed E-state index contributed by atoms with van der Waals surface area (Å²) in [6.45, 7) is 4.56. The van der Waals surface area contributed by atoms with E-state index in [4.69, 9.17) is 0 Å². The Morgan fingerprint density at radius 3 is 1.42 bits per heavy atom. The molecule has 0 spiro atoms. The zero-order valence-electron chi connectivity index (χ0n) is 12.1. The van der Waals surface area contributed by atoms with Crippen molar-refractivity contribution in [1.29, 1.82) is 0 Å². The Morgan fingerprint density at radius 1 is 0.947 bits per heavy atom. The van der Waals surface area contributed by atoms with Crippen LogP contribution < -0.4 is 24.8 Å². The molecule has 2 aliphatic carbocycles. The van der Waals surface area contributed by atoms with Crippen LogP contribution in [-0.2, 0) is 15.9 Å². The average Bonchev–Trinajstić information content (AvgIpc) is 2.96. The van der Waals surface area contributed by atoms with Crippen molar-refractivity contribution in [2.75, 3.05) is 0 Å². The molecule has 4 heteroatoms. The molecule has 0 aliphatic heterocycles. The van der Waals surface area contributed by atoms with Gasteiger partial charge in [0.05, 0.1) is 0 Å². The van der Waals surface area contributed by atoms with Gasteiger partial charge in [-0.1, -0.05) is 0 Å². The van der Waals surface area contributed by atoms with Crippen molar-refractivity contribution in [3.05, 3.63) is 48.6 Å². The van der Waals surface area contributed by atoms with Crippen LogP contribution in [0.4, 0.5) is 0 Å². The normalized spacial score (nSPS) is 12.0. The first-order chi connectivity index (χ1) is 8.13. The molecule has 0 radical (unpaired) electrons. The van der Waals surface area contributed by atoms with E-state index in [0.717, 1.165) is 12.8 Å². The summed E-state index contributed by atoms with van der Waals surface area (Å²) in [6, 6.07) is 0. The second-order valence-corrected chi connectivity index (χ2v) is 20.6. The fraction of sp³-hybridized carbons (Fsp3) is 0.400. The molecule has 0 aromatic heterocycles. The van der Waals surface area contributed by atoms with Crippen molar-refractivity contribution in [2.45, 2.75) is 38.2 Å². The summed E-state index contributed by atoms with van der Waals surface area (Å²) < 4.78 is 1.74. The second kappa shape index (κ2) is 18.7. The Kier molecular flexibility index (Phi) is 24.2. The Bertz CT molecular complexity index is 325. The van der Waals surface area contributed by atoms with E-state index in [-0.39, 0.29) is 35.8 Å². The minimum absolute atomic E-state index is 0. The number of allylic oxidation sites excluding steroid dienone is 8. The van der Waals surface area contributed by atoms with Crippen molar-refractivity contribution in [3.63, 3.8) is 0 Å². The van der Waals surface area contributed by atoms with Gasteiger partial charge >= 0.3 is 56.0 Å². The second-order valence-electron chi connectivity index (χ2n) is 4.13. The molecule has 0 saturated carbocycles. The SMILES string of the molecule is C[C](C)=[Ti]=[Ge]([CH3])[CH3].[C-]1=CC=CC1.[C-]1=CC=CC1.[Cl-].[Cl-]. The molecule has 0 aromatic carbocycles. The van der Waals surface area contributed by atoms with Crippen molar-refractivity contribution in [2.24, 2.45) is 0 Å². The maximum atomic E-state index is 2.99. The van der Waals surface area contributed by atoms with Crippen LogP contribution in [0, 0.1) is 12.2 Å². The molecule has 0 unspecified atom stereocenters. The summed E-state index contributed by atoms with van der Waals surface area (Å²) in [5.41, 5.74) is 0. The molecule has 0 amide bonds. The van der Waals surface area contributed by atoms with Crippen molar-refractivity contribution in [3.8, 4) is 0 Å². The van der Waals surface area contributed by atoms with Crippen LogP contribution in [0.5, 0.6) is 0 Å². The molecule has 0 nitrogen and oxygen atoms in total. The van der Waals surface area contributed by atoms with Crippen LogP contribution in [0.25, 0.3) is 0 Å². The molecule has 2 aliphatic rings. The Balaban J connectivity index is -0.000000194. The van der Waals surface area contributed by atoms with Gasteiger partial charge in [0, 0.05) is 0 Å². The van der Waals surface area contributed by atoms with Gasteiger partial charge in [-0.25, -0.2) is 24.3 Å². The van der Waals surface area contributed by atoms with E-state index in [1.165, 1.54) is 0 Å². The van der Waals surface area contributed by atoms with Gasteiger partial charge in [0.1, 0.15) is 0 Å². The van der Waals surface area contributed by atoms with Gasteiger partial charge in [-0.2, -0.15) is 12.2 Å². The summed E-state index contributed by atoms with van der Waals surface area (Å²) in [6.07, 6.45) is 20.0. The van der Waals surface area contributed by atoms with Crippen LogP contribution in [-0.4, -0.2) is 14.8 Å². The Labute approximate surface area is 141 Å². The van der Waals surface area contributed by atoms with E-state index in [9.17, 15) is 0 Å². The topological polar surface area (TPSA) is 0 Å². The smallest absolute Gasteiger partial charge is 0.109 e. The van der Waals surface area contributed by atoms with Crippen molar-refractivity contribution >= 4 is 14.8 Å². The average molecular weight is 394 g/mol. The minimum Gasteiger partial charge on any atom is -1.00 e.